The van der Waals surface area contributed by atoms with Crippen molar-refractivity contribution < 1.29 is 18.7 Å². The molecule has 5 rings (SSSR count). The first-order chi connectivity index (χ1) is 15.1. The van der Waals surface area contributed by atoms with Gasteiger partial charge in [-0.3, -0.25) is 0 Å². The number of rotatable bonds is 5. The number of aryl methyl sites for hydroxylation is 1. The summed E-state index contributed by atoms with van der Waals surface area (Å²) in [6.07, 6.45) is 4.96. The van der Waals surface area contributed by atoms with E-state index in [4.69, 9.17) is 9.47 Å². The molecule has 1 atom stereocenters. The number of halogens is 1. The molecular weight excluding hydrogens is 403 g/mol. The molecule has 1 N–H and O–H groups in total. The number of nitrogens with one attached hydrogen (secondary N) is 1. The molecule has 4 aromatic rings. The van der Waals surface area contributed by atoms with Crippen molar-refractivity contribution in [2.24, 2.45) is 7.05 Å². The molecule has 0 saturated carbocycles. The maximum atomic E-state index is 14.0. The maximum absolute atomic E-state index is 14.0. The molecule has 1 unspecified atom stereocenters. The third-order valence-corrected chi connectivity index (χ3v) is 5.77. The van der Waals surface area contributed by atoms with Crippen LogP contribution in [0.4, 0.5) is 10.2 Å². The Morgan fingerprint density at radius 3 is 3.03 bits per heavy atom. The molecule has 9 nitrogen and oxygen atoms in total. The van der Waals surface area contributed by atoms with Crippen LogP contribution in [-0.4, -0.2) is 56.8 Å². The highest BCUT2D eigenvalue weighted by atomic mass is 19.1. The number of nitrogens with zero attached hydrogens (tertiary/aromatic N) is 5. The van der Waals surface area contributed by atoms with E-state index in [-0.39, 0.29) is 11.7 Å². The van der Waals surface area contributed by atoms with Gasteiger partial charge in [0, 0.05) is 19.0 Å². The SMILES string of the molecule is COC(=O)c1c(OCC2CCCN2c2ncnc3nc[nH]c23)c2cc(F)ccc2n1C. The number of hydrogen-bond donors (Lipinski definition) is 1. The van der Waals surface area contributed by atoms with E-state index in [0.717, 1.165) is 30.7 Å². The number of aromatic amines is 1. The monoisotopic (exact) mass is 424 g/mol. The summed E-state index contributed by atoms with van der Waals surface area (Å²) in [5, 5.41) is 0.533. The first-order valence-electron chi connectivity index (χ1n) is 9.98. The van der Waals surface area contributed by atoms with Gasteiger partial charge >= 0.3 is 5.97 Å². The van der Waals surface area contributed by atoms with Gasteiger partial charge in [0.1, 0.15) is 24.3 Å². The van der Waals surface area contributed by atoms with Gasteiger partial charge in [0.2, 0.25) is 0 Å². The van der Waals surface area contributed by atoms with Gasteiger partial charge in [0.25, 0.3) is 0 Å². The predicted molar refractivity (Wildman–Crippen MR) is 112 cm³/mol. The number of hydrogen-bond acceptors (Lipinski definition) is 7. The lowest BCUT2D eigenvalue weighted by molar-refractivity contribution is 0.0585. The minimum atomic E-state index is -0.535. The van der Waals surface area contributed by atoms with Crippen molar-refractivity contribution in [3.05, 3.63) is 42.4 Å². The van der Waals surface area contributed by atoms with Crippen LogP contribution in [0.2, 0.25) is 0 Å². The third-order valence-electron chi connectivity index (χ3n) is 5.77. The number of esters is 1. The van der Waals surface area contributed by atoms with Crippen LogP contribution < -0.4 is 9.64 Å². The molecule has 1 aromatic carbocycles. The van der Waals surface area contributed by atoms with E-state index >= 15 is 0 Å². The summed E-state index contributed by atoms with van der Waals surface area (Å²) >= 11 is 0. The van der Waals surface area contributed by atoms with Gasteiger partial charge in [-0.15, -0.1) is 0 Å². The summed E-state index contributed by atoms with van der Waals surface area (Å²) in [6.45, 7) is 1.12. The van der Waals surface area contributed by atoms with Gasteiger partial charge < -0.3 is 23.9 Å². The van der Waals surface area contributed by atoms with Crippen molar-refractivity contribution in [2.75, 3.05) is 25.2 Å². The quantitative estimate of drug-likeness (QED) is 0.492. The minimum absolute atomic E-state index is 0.0238. The maximum Gasteiger partial charge on any atom is 0.358 e. The van der Waals surface area contributed by atoms with Crippen molar-refractivity contribution in [3.8, 4) is 5.75 Å². The molecule has 0 radical (unpaired) electrons. The van der Waals surface area contributed by atoms with Crippen molar-refractivity contribution in [1.82, 2.24) is 24.5 Å². The number of carbonyl (C=O) groups excluding carboxylic acids is 1. The van der Waals surface area contributed by atoms with Crippen molar-refractivity contribution >= 4 is 33.9 Å². The average molecular weight is 424 g/mol. The van der Waals surface area contributed by atoms with Gasteiger partial charge in [0.15, 0.2) is 22.9 Å². The molecule has 0 amide bonds. The Balaban J connectivity index is 1.48. The lowest BCUT2D eigenvalue weighted by Crippen LogP contribution is -2.35. The first kappa shape index (κ1) is 19.3. The summed E-state index contributed by atoms with van der Waals surface area (Å²) < 4.78 is 26.8. The standard InChI is InChI=1S/C21H21FN6O3/c1-27-15-6-5-12(22)8-14(15)18(17(27)21(29)30-2)31-9-13-4-3-7-28(13)20-16-19(24-10-23-16)25-11-26-20/h5-6,8,10-11,13H,3-4,7,9H2,1-2H3,(H,23,24,25,26). The van der Waals surface area contributed by atoms with Crippen LogP contribution in [-0.2, 0) is 11.8 Å². The lowest BCUT2D eigenvalue weighted by atomic mass is 10.2. The van der Waals surface area contributed by atoms with Crippen LogP contribution in [0.5, 0.6) is 5.75 Å². The van der Waals surface area contributed by atoms with Crippen molar-refractivity contribution in [2.45, 2.75) is 18.9 Å². The molecule has 0 spiro atoms. The van der Waals surface area contributed by atoms with E-state index in [0.29, 0.717) is 28.9 Å². The number of fused-ring (bicyclic) bond motifs is 2. The second kappa shape index (κ2) is 7.53. The molecule has 31 heavy (non-hydrogen) atoms. The first-order valence-corrected chi connectivity index (χ1v) is 9.98. The minimum Gasteiger partial charge on any atom is -0.488 e. The highest BCUT2D eigenvalue weighted by molar-refractivity contribution is 6.01. The fourth-order valence-corrected chi connectivity index (χ4v) is 4.29. The number of anilines is 1. The molecule has 1 saturated heterocycles. The van der Waals surface area contributed by atoms with Crippen molar-refractivity contribution in [1.29, 1.82) is 0 Å². The van der Waals surface area contributed by atoms with Crippen LogP contribution in [0.3, 0.4) is 0 Å². The molecule has 4 heterocycles. The lowest BCUT2D eigenvalue weighted by Gasteiger charge is -2.26. The summed E-state index contributed by atoms with van der Waals surface area (Å²) in [4.78, 5) is 30.5. The van der Waals surface area contributed by atoms with Gasteiger partial charge in [-0.25, -0.2) is 24.1 Å². The molecule has 10 heteroatoms. The number of H-pyrrole nitrogens is 1. The number of ether oxygens (including phenoxy) is 2. The Morgan fingerprint density at radius 1 is 1.32 bits per heavy atom. The molecule has 3 aromatic heterocycles. The Morgan fingerprint density at radius 2 is 2.19 bits per heavy atom. The van der Waals surface area contributed by atoms with E-state index in [1.807, 2.05) is 0 Å². The van der Waals surface area contributed by atoms with Crippen LogP contribution >= 0.6 is 0 Å². The fraction of sp³-hybridized carbons (Fsp3) is 0.333. The highest BCUT2D eigenvalue weighted by Gasteiger charge is 2.30. The zero-order valence-corrected chi connectivity index (χ0v) is 17.1. The summed E-state index contributed by atoms with van der Waals surface area (Å²) in [7, 11) is 3.05. The van der Waals surface area contributed by atoms with Crippen LogP contribution in [0.1, 0.15) is 23.3 Å². The van der Waals surface area contributed by atoms with E-state index in [9.17, 15) is 9.18 Å². The zero-order chi connectivity index (χ0) is 21.5. The van der Waals surface area contributed by atoms with Crippen molar-refractivity contribution in [3.63, 3.8) is 0 Å². The molecule has 0 aliphatic carbocycles. The Labute approximate surface area is 176 Å². The Hall–Kier alpha value is -3.69. The molecule has 1 aliphatic rings. The van der Waals surface area contributed by atoms with E-state index in [2.05, 4.69) is 24.8 Å². The largest absolute Gasteiger partial charge is 0.488 e. The average Bonchev–Trinajstić information content (AvgIpc) is 3.49. The second-order valence-corrected chi connectivity index (χ2v) is 7.49. The summed E-state index contributed by atoms with van der Waals surface area (Å²) in [5.74, 6) is 0.160. The molecule has 1 fully saturated rings. The number of aromatic nitrogens is 5. The second-order valence-electron chi connectivity index (χ2n) is 7.49. The molecule has 0 bridgehead atoms. The smallest absolute Gasteiger partial charge is 0.358 e. The number of carbonyl (C=O) groups is 1. The van der Waals surface area contributed by atoms with Gasteiger partial charge in [-0.05, 0) is 31.0 Å². The van der Waals surface area contributed by atoms with E-state index in [1.165, 1.54) is 25.6 Å². The number of methoxy groups -OCH3 is 1. The fourth-order valence-electron chi connectivity index (χ4n) is 4.29. The van der Waals surface area contributed by atoms with Gasteiger partial charge in [-0.1, -0.05) is 0 Å². The Bertz CT molecular complexity index is 1280. The van der Waals surface area contributed by atoms with E-state index in [1.54, 1.807) is 24.0 Å². The third kappa shape index (κ3) is 3.15. The molecule has 160 valence electrons. The van der Waals surface area contributed by atoms with Gasteiger partial charge in [-0.2, -0.15) is 0 Å². The normalized spacial score (nSPS) is 16.4. The number of benzene rings is 1. The Kier molecular flexibility index (Phi) is 4.68. The van der Waals surface area contributed by atoms with Crippen LogP contribution in [0.15, 0.2) is 30.9 Å². The number of imidazole rings is 1. The summed E-state index contributed by atoms with van der Waals surface area (Å²) in [6, 6.07) is 4.39. The summed E-state index contributed by atoms with van der Waals surface area (Å²) in [5.41, 5.74) is 2.33. The molecular formula is C21H21FN6O3. The predicted octanol–water partition coefficient (Wildman–Crippen LogP) is 2.82. The van der Waals surface area contributed by atoms with Crippen LogP contribution in [0, 0.1) is 5.82 Å². The van der Waals surface area contributed by atoms with Gasteiger partial charge in [0.05, 0.1) is 25.0 Å². The molecule has 1 aliphatic heterocycles. The van der Waals surface area contributed by atoms with E-state index < -0.39 is 11.8 Å². The zero-order valence-electron chi connectivity index (χ0n) is 17.1. The van der Waals surface area contributed by atoms with Crippen LogP contribution in [0.25, 0.3) is 22.1 Å². The topological polar surface area (TPSA) is 98.2 Å². The highest BCUT2D eigenvalue weighted by Crippen LogP contribution is 2.35.